The van der Waals surface area contributed by atoms with Crippen molar-refractivity contribution in [1.29, 1.82) is 0 Å². The quantitative estimate of drug-likeness (QED) is 0.0765. The number of rotatable bonds is 10. The average molecular weight is 995 g/mol. The van der Waals surface area contributed by atoms with Crippen molar-refractivity contribution in [2.75, 3.05) is 9.80 Å². The van der Waals surface area contributed by atoms with Gasteiger partial charge in [-0.2, -0.15) is 0 Å². The molecule has 0 unspecified atom stereocenters. The third-order valence-electron chi connectivity index (χ3n) is 16.6. The Kier molecular flexibility index (Phi) is 10.8. The highest BCUT2D eigenvalue weighted by molar-refractivity contribution is 6.26. The average Bonchev–Trinajstić information content (AvgIpc) is 3.55. The molecule has 0 heterocycles. The lowest BCUT2D eigenvalue weighted by atomic mass is 9.81. The largest absolute Gasteiger partial charge is 0.310 e. The molecule has 0 saturated heterocycles. The maximum atomic E-state index is 2.44. The van der Waals surface area contributed by atoms with Crippen LogP contribution in [0, 0.1) is 13.8 Å². The Labute approximate surface area is 455 Å². The number of aryl methyl sites for hydroxylation is 2. The number of hydrogen-bond donors (Lipinski definition) is 0. The molecule has 13 aromatic rings. The fourth-order valence-electron chi connectivity index (χ4n) is 12.7. The van der Waals surface area contributed by atoms with Gasteiger partial charge in [-0.25, -0.2) is 0 Å². The molecule has 368 valence electrons. The summed E-state index contributed by atoms with van der Waals surface area (Å²) < 4.78 is 0. The molecule has 2 nitrogen and oxygen atoms in total. The monoisotopic (exact) mass is 994 g/mol. The summed E-state index contributed by atoms with van der Waals surface area (Å²) in [5, 5.41) is 15.3. The molecule has 78 heavy (non-hydrogen) atoms. The highest BCUT2D eigenvalue weighted by Crippen LogP contribution is 2.48. The summed E-state index contributed by atoms with van der Waals surface area (Å²) in [6.45, 7) is 4.31. The first kappa shape index (κ1) is 45.6. The molecule has 13 aromatic carbocycles. The molecule has 0 bridgehead atoms. The molecule has 2 heteroatoms. The summed E-state index contributed by atoms with van der Waals surface area (Å²) in [5.41, 5.74) is 19.7. The molecule has 0 aromatic heterocycles. The van der Waals surface area contributed by atoms with E-state index in [1.165, 1.54) is 121 Å². The van der Waals surface area contributed by atoms with Crippen LogP contribution in [-0.4, -0.2) is 0 Å². The fourth-order valence-corrected chi connectivity index (χ4v) is 12.7. The van der Waals surface area contributed by atoms with Gasteiger partial charge in [0.05, 0.1) is 11.4 Å². The fraction of sp³-hybridized carbons (Fsp3) is 0.0526. The molecule has 0 atom stereocenters. The van der Waals surface area contributed by atoms with E-state index in [0.717, 1.165) is 46.7 Å². The molecular formula is C76H54N2. The number of allylic oxidation sites excluding steroid dienone is 3. The molecule has 0 N–H and O–H groups in total. The summed E-state index contributed by atoms with van der Waals surface area (Å²) in [7, 11) is 0. The van der Waals surface area contributed by atoms with Gasteiger partial charge in [-0.05, 0) is 186 Å². The molecule has 0 radical (unpaired) electrons. The van der Waals surface area contributed by atoms with Gasteiger partial charge in [0.25, 0.3) is 0 Å². The van der Waals surface area contributed by atoms with Gasteiger partial charge in [-0.1, -0.05) is 217 Å². The molecule has 0 saturated carbocycles. The van der Waals surface area contributed by atoms with Crippen LogP contribution in [0.25, 0.3) is 101 Å². The lowest BCUT2D eigenvalue weighted by Gasteiger charge is -2.30. The van der Waals surface area contributed by atoms with E-state index < -0.39 is 0 Å². The van der Waals surface area contributed by atoms with Gasteiger partial charge in [-0.3, -0.25) is 0 Å². The van der Waals surface area contributed by atoms with E-state index in [1.807, 2.05) is 0 Å². The van der Waals surface area contributed by atoms with Crippen molar-refractivity contribution in [1.82, 2.24) is 0 Å². The van der Waals surface area contributed by atoms with Crippen LogP contribution in [0.4, 0.5) is 34.1 Å². The predicted octanol–water partition coefficient (Wildman–Crippen LogP) is 21.3. The normalized spacial score (nSPS) is 13.1. The van der Waals surface area contributed by atoms with E-state index in [0.29, 0.717) is 0 Å². The second-order valence-electron chi connectivity index (χ2n) is 21.3. The van der Waals surface area contributed by atoms with E-state index in [2.05, 4.69) is 291 Å². The molecule has 2 aliphatic carbocycles. The summed E-state index contributed by atoms with van der Waals surface area (Å²) >= 11 is 0. The van der Waals surface area contributed by atoms with Gasteiger partial charge >= 0.3 is 0 Å². The van der Waals surface area contributed by atoms with E-state index in [9.17, 15) is 0 Å². The van der Waals surface area contributed by atoms with Crippen LogP contribution in [0.5, 0.6) is 0 Å². The van der Waals surface area contributed by atoms with E-state index in [-0.39, 0.29) is 0 Å². The van der Waals surface area contributed by atoms with Crippen molar-refractivity contribution in [2.24, 2.45) is 0 Å². The second kappa shape index (κ2) is 18.5. The van der Waals surface area contributed by atoms with Gasteiger partial charge in [0.1, 0.15) is 0 Å². The van der Waals surface area contributed by atoms with Crippen molar-refractivity contribution in [2.45, 2.75) is 26.7 Å². The van der Waals surface area contributed by atoms with Gasteiger partial charge in [-0.15, -0.1) is 0 Å². The minimum Gasteiger partial charge on any atom is -0.310 e. The first-order valence-corrected chi connectivity index (χ1v) is 27.3. The SMILES string of the molecule is Cc1ccc(N(c2ccc(C=Cc3c4ccccc4c(C=Cc4ccc(N(c5ccc(C)cc5)c5ccc6ccc7cccc8ccc5c6c78)cc4)c4ccccc34)cc2)c2ccc3c4c5c(ccc24)C=CCC5=CC3)cc1. The third kappa shape index (κ3) is 7.63. The van der Waals surface area contributed by atoms with Crippen LogP contribution in [0.1, 0.15) is 56.5 Å². The highest BCUT2D eigenvalue weighted by atomic mass is 15.1. The summed E-state index contributed by atoms with van der Waals surface area (Å²) in [6, 6.07) is 83.3. The lowest BCUT2D eigenvalue weighted by molar-refractivity contribution is 1.22. The number of nitrogens with zero attached hydrogens (tertiary/aromatic N) is 2. The minimum absolute atomic E-state index is 0.974. The van der Waals surface area contributed by atoms with Gasteiger partial charge < -0.3 is 9.80 Å². The standard InChI is InChI=1S/C76H54N2/c1-49-17-35-59(36-18-49)77(71-47-33-57-29-27-53-9-7-11-55-31-45-69(71)75(57)73(53)55)61-39-21-51(22-40-61)25-43-67-63-13-3-5-15-65(63)68(66-16-6-4-14-64(66)67)44-26-52-23-41-62(42-24-52)78(60-37-19-50(2)20-38-60)72-48-34-58-30-28-54-10-8-12-56-32-46-70(72)76(58)74(54)56/h3-9,11-29,31-48H,10,30H2,1-2H3. The zero-order chi connectivity index (χ0) is 51.8. The second-order valence-corrected chi connectivity index (χ2v) is 21.3. The molecule has 2 aliphatic rings. The highest BCUT2D eigenvalue weighted by Gasteiger charge is 2.24. The molecular weight excluding hydrogens is 941 g/mol. The van der Waals surface area contributed by atoms with Crippen molar-refractivity contribution < 1.29 is 0 Å². The lowest BCUT2D eigenvalue weighted by Crippen LogP contribution is -2.12. The van der Waals surface area contributed by atoms with Crippen molar-refractivity contribution in [3.8, 4) is 0 Å². The van der Waals surface area contributed by atoms with Crippen molar-refractivity contribution in [3.05, 3.63) is 287 Å². The smallest absolute Gasteiger partial charge is 0.0540 e. The molecule has 15 rings (SSSR count). The molecule has 0 spiro atoms. The Morgan fingerprint density at radius 2 is 0.795 bits per heavy atom. The first-order valence-electron chi connectivity index (χ1n) is 27.3. The summed E-state index contributed by atoms with van der Waals surface area (Å²) in [5.74, 6) is 0. The van der Waals surface area contributed by atoms with Gasteiger partial charge in [0.2, 0.25) is 0 Å². The number of anilines is 6. The number of fused-ring (bicyclic) bond motifs is 2. The van der Waals surface area contributed by atoms with E-state index in [1.54, 1.807) is 0 Å². The first-order chi connectivity index (χ1) is 38.5. The van der Waals surface area contributed by atoms with Crippen molar-refractivity contribution in [3.63, 3.8) is 0 Å². The third-order valence-corrected chi connectivity index (χ3v) is 16.6. The Hall–Kier alpha value is -9.76. The zero-order valence-corrected chi connectivity index (χ0v) is 43.7. The maximum Gasteiger partial charge on any atom is 0.0540 e. The van der Waals surface area contributed by atoms with Gasteiger partial charge in [0, 0.05) is 33.5 Å². The van der Waals surface area contributed by atoms with E-state index in [4.69, 9.17) is 0 Å². The molecule has 0 fully saturated rings. The Bertz CT molecular complexity index is 4570. The number of hydrogen-bond acceptors (Lipinski definition) is 2. The van der Waals surface area contributed by atoms with Crippen LogP contribution in [-0.2, 0) is 6.42 Å². The Balaban J connectivity index is 0.764. The predicted molar refractivity (Wildman–Crippen MR) is 338 cm³/mol. The molecule has 0 amide bonds. The number of benzene rings is 13. The van der Waals surface area contributed by atoms with Crippen LogP contribution in [0.2, 0.25) is 0 Å². The zero-order valence-electron chi connectivity index (χ0n) is 43.7. The Morgan fingerprint density at radius 3 is 1.33 bits per heavy atom. The Morgan fingerprint density at radius 1 is 0.346 bits per heavy atom. The summed E-state index contributed by atoms with van der Waals surface area (Å²) in [6.07, 6.45) is 18.2. The van der Waals surface area contributed by atoms with E-state index >= 15 is 0 Å². The van der Waals surface area contributed by atoms with Gasteiger partial charge in [0.15, 0.2) is 0 Å². The van der Waals surface area contributed by atoms with Crippen LogP contribution < -0.4 is 9.80 Å². The minimum atomic E-state index is 0.974. The summed E-state index contributed by atoms with van der Waals surface area (Å²) in [4.78, 5) is 4.85. The maximum absolute atomic E-state index is 2.44. The topological polar surface area (TPSA) is 6.48 Å². The van der Waals surface area contributed by atoms with Crippen LogP contribution in [0.3, 0.4) is 0 Å². The molecule has 0 aliphatic heterocycles. The van der Waals surface area contributed by atoms with Crippen LogP contribution in [0.15, 0.2) is 237 Å². The van der Waals surface area contributed by atoms with Crippen LogP contribution >= 0.6 is 0 Å². The van der Waals surface area contributed by atoms with Crippen molar-refractivity contribution >= 4 is 135 Å².